The molecular weight excluding hydrogens is 503 g/mol. The lowest BCUT2D eigenvalue weighted by atomic mass is 10.0. The largest absolute Gasteiger partial charge is 0.492 e. The highest BCUT2D eigenvalue weighted by Gasteiger charge is 2.42. The maximum Gasteiger partial charge on any atom is 0.418 e. The molecule has 1 aliphatic rings. The van der Waals surface area contributed by atoms with Gasteiger partial charge in [-0.05, 0) is 56.9 Å². The van der Waals surface area contributed by atoms with Crippen molar-refractivity contribution in [3.05, 3.63) is 54.1 Å². The fourth-order valence-electron chi connectivity index (χ4n) is 3.94. The average molecular weight is 536 g/mol. The standard InChI is InChI=1S/C27H32F3N3O3S/c1-5-36-22-13-9-8-12-21(22)32-26-33(18(4)15-14-17(2)3)25(35)23(37-26)16-24(34)31-20-11-7-6-10-19(20)27(28,29)30/h6-13,17-18,23H,5,14-16H2,1-4H3,(H,31,34)/t18-,23+/m1/s1. The Kier molecular flexibility index (Phi) is 9.64. The summed E-state index contributed by atoms with van der Waals surface area (Å²) < 4.78 is 45.7. The number of thioether (sulfide) groups is 1. The smallest absolute Gasteiger partial charge is 0.418 e. The van der Waals surface area contributed by atoms with Crippen molar-refractivity contribution in [2.75, 3.05) is 11.9 Å². The van der Waals surface area contributed by atoms with Crippen molar-refractivity contribution in [3.63, 3.8) is 0 Å². The number of para-hydroxylation sites is 3. The molecule has 1 N–H and O–H groups in total. The van der Waals surface area contributed by atoms with Crippen LogP contribution in [0.25, 0.3) is 0 Å². The van der Waals surface area contributed by atoms with E-state index in [0.717, 1.165) is 30.7 Å². The summed E-state index contributed by atoms with van der Waals surface area (Å²) in [5, 5.41) is 1.97. The van der Waals surface area contributed by atoms with E-state index < -0.39 is 22.9 Å². The summed E-state index contributed by atoms with van der Waals surface area (Å²) in [6.07, 6.45) is -3.25. The second-order valence-corrected chi connectivity index (χ2v) is 10.4. The lowest BCUT2D eigenvalue weighted by Crippen LogP contribution is -2.40. The second-order valence-electron chi connectivity index (χ2n) is 9.23. The third-order valence-corrected chi connectivity index (χ3v) is 6.98. The molecule has 2 atom stereocenters. The number of hydrogen-bond donors (Lipinski definition) is 1. The van der Waals surface area contributed by atoms with Gasteiger partial charge in [-0.25, -0.2) is 4.99 Å². The zero-order valence-corrected chi connectivity index (χ0v) is 22.2. The number of nitrogens with zero attached hydrogens (tertiary/aromatic N) is 2. The van der Waals surface area contributed by atoms with Crippen LogP contribution in [0.5, 0.6) is 5.75 Å². The SMILES string of the molecule is CCOc1ccccc1N=C1S[C@@H](CC(=O)Nc2ccccc2C(F)(F)F)C(=O)N1[C@H](C)CCC(C)C. The van der Waals surface area contributed by atoms with Crippen LogP contribution in [0.15, 0.2) is 53.5 Å². The molecule has 0 aliphatic carbocycles. The first-order chi connectivity index (χ1) is 17.5. The zero-order valence-electron chi connectivity index (χ0n) is 21.3. The van der Waals surface area contributed by atoms with Gasteiger partial charge in [0.1, 0.15) is 16.7 Å². The Hall–Kier alpha value is -3.01. The number of benzene rings is 2. The molecule has 2 aromatic carbocycles. The van der Waals surface area contributed by atoms with Gasteiger partial charge in [-0.2, -0.15) is 13.2 Å². The minimum atomic E-state index is -4.61. The Bertz CT molecular complexity index is 1140. The topological polar surface area (TPSA) is 71.0 Å². The zero-order chi connectivity index (χ0) is 27.2. The minimum absolute atomic E-state index is 0.167. The summed E-state index contributed by atoms with van der Waals surface area (Å²) in [4.78, 5) is 32.5. The third kappa shape index (κ3) is 7.50. The maximum atomic E-state index is 13.5. The Morgan fingerprint density at radius 3 is 2.46 bits per heavy atom. The maximum absolute atomic E-state index is 13.5. The number of anilines is 1. The molecule has 10 heteroatoms. The Morgan fingerprint density at radius 1 is 1.11 bits per heavy atom. The van der Waals surface area contributed by atoms with Crippen LogP contribution in [0, 0.1) is 5.92 Å². The van der Waals surface area contributed by atoms with Crippen molar-refractivity contribution in [1.29, 1.82) is 0 Å². The molecule has 0 saturated carbocycles. The van der Waals surface area contributed by atoms with E-state index in [2.05, 4.69) is 19.2 Å². The van der Waals surface area contributed by atoms with Crippen LogP contribution in [0.2, 0.25) is 0 Å². The van der Waals surface area contributed by atoms with E-state index in [-0.39, 0.29) is 24.1 Å². The molecule has 2 amide bonds. The molecule has 0 radical (unpaired) electrons. The first-order valence-corrected chi connectivity index (χ1v) is 13.2. The van der Waals surface area contributed by atoms with Gasteiger partial charge in [0, 0.05) is 12.5 Å². The van der Waals surface area contributed by atoms with Crippen LogP contribution >= 0.6 is 11.8 Å². The first kappa shape index (κ1) is 28.6. The number of carbonyl (C=O) groups is 2. The lowest BCUT2D eigenvalue weighted by Gasteiger charge is -2.25. The van der Waals surface area contributed by atoms with Gasteiger partial charge in [0.05, 0.1) is 17.9 Å². The number of halogens is 3. The summed E-state index contributed by atoms with van der Waals surface area (Å²) in [5.41, 5.74) is -0.713. The second kappa shape index (κ2) is 12.5. The van der Waals surface area contributed by atoms with Crippen molar-refractivity contribution in [2.45, 2.75) is 64.4 Å². The van der Waals surface area contributed by atoms with Gasteiger partial charge in [0.2, 0.25) is 11.8 Å². The molecule has 1 fully saturated rings. The lowest BCUT2D eigenvalue weighted by molar-refractivity contribution is -0.137. The van der Waals surface area contributed by atoms with Crippen molar-refractivity contribution in [1.82, 2.24) is 4.90 Å². The van der Waals surface area contributed by atoms with E-state index in [1.54, 1.807) is 17.0 Å². The number of ether oxygens (including phenoxy) is 1. The minimum Gasteiger partial charge on any atom is -0.492 e. The average Bonchev–Trinajstić information content (AvgIpc) is 3.12. The molecular formula is C27H32F3N3O3S. The van der Waals surface area contributed by atoms with Gasteiger partial charge in [-0.1, -0.05) is 49.9 Å². The molecule has 0 bridgehead atoms. The van der Waals surface area contributed by atoms with Gasteiger partial charge >= 0.3 is 6.18 Å². The van der Waals surface area contributed by atoms with Gasteiger partial charge in [-0.3, -0.25) is 14.5 Å². The molecule has 37 heavy (non-hydrogen) atoms. The molecule has 1 heterocycles. The number of amidine groups is 1. The van der Waals surface area contributed by atoms with Crippen molar-refractivity contribution >= 4 is 40.1 Å². The van der Waals surface area contributed by atoms with Crippen molar-refractivity contribution in [2.24, 2.45) is 10.9 Å². The van der Waals surface area contributed by atoms with Crippen molar-refractivity contribution < 1.29 is 27.5 Å². The fourth-order valence-corrected chi connectivity index (χ4v) is 5.18. The number of rotatable bonds is 10. The third-order valence-electron chi connectivity index (χ3n) is 5.83. The van der Waals surface area contributed by atoms with Crippen LogP contribution < -0.4 is 10.1 Å². The van der Waals surface area contributed by atoms with E-state index in [0.29, 0.717) is 29.1 Å². The normalized spacial score (nSPS) is 17.9. The monoisotopic (exact) mass is 535 g/mol. The summed E-state index contributed by atoms with van der Waals surface area (Å²) >= 11 is 1.15. The van der Waals surface area contributed by atoms with E-state index in [4.69, 9.17) is 9.73 Å². The molecule has 200 valence electrons. The van der Waals surface area contributed by atoms with Gasteiger partial charge in [0.15, 0.2) is 5.17 Å². The first-order valence-electron chi connectivity index (χ1n) is 12.3. The predicted molar refractivity (Wildman–Crippen MR) is 141 cm³/mol. The Balaban J connectivity index is 1.85. The van der Waals surface area contributed by atoms with Gasteiger partial charge in [0.25, 0.3) is 0 Å². The number of alkyl halides is 3. The highest BCUT2D eigenvalue weighted by atomic mass is 32.2. The number of amides is 2. The number of aliphatic imine (C=N–C) groups is 1. The number of nitrogens with one attached hydrogen (secondary N) is 1. The van der Waals surface area contributed by atoms with Crippen LogP contribution in [0.1, 0.15) is 52.5 Å². The predicted octanol–water partition coefficient (Wildman–Crippen LogP) is 6.89. The van der Waals surface area contributed by atoms with Crippen LogP contribution in [0.3, 0.4) is 0 Å². The molecule has 0 aromatic heterocycles. The summed E-state index contributed by atoms with van der Waals surface area (Å²) in [5.74, 6) is 0.0638. The molecule has 1 aliphatic heterocycles. The molecule has 1 saturated heterocycles. The Morgan fingerprint density at radius 2 is 1.78 bits per heavy atom. The highest BCUT2D eigenvalue weighted by Crippen LogP contribution is 2.38. The van der Waals surface area contributed by atoms with Gasteiger partial charge < -0.3 is 10.1 Å². The fraction of sp³-hybridized carbons (Fsp3) is 0.444. The molecule has 6 nitrogen and oxygen atoms in total. The quantitative estimate of drug-likeness (QED) is 0.360. The Labute approximate surface area is 219 Å². The summed E-state index contributed by atoms with van der Waals surface area (Å²) in [7, 11) is 0. The van der Waals surface area contributed by atoms with E-state index in [1.165, 1.54) is 18.2 Å². The molecule has 0 spiro atoms. The number of carbonyl (C=O) groups excluding carboxylic acids is 2. The van der Waals surface area contributed by atoms with Gasteiger partial charge in [-0.15, -0.1) is 0 Å². The highest BCUT2D eigenvalue weighted by molar-refractivity contribution is 8.15. The number of hydrogen-bond acceptors (Lipinski definition) is 5. The van der Waals surface area contributed by atoms with Crippen molar-refractivity contribution in [3.8, 4) is 5.75 Å². The van der Waals surface area contributed by atoms with E-state index >= 15 is 0 Å². The van der Waals surface area contributed by atoms with E-state index in [9.17, 15) is 22.8 Å². The summed E-state index contributed by atoms with van der Waals surface area (Å²) in [6, 6.07) is 11.8. The van der Waals surface area contributed by atoms with E-state index in [1.807, 2.05) is 26.0 Å². The molecule has 2 aromatic rings. The van der Waals surface area contributed by atoms with Crippen LogP contribution in [-0.2, 0) is 15.8 Å². The summed E-state index contributed by atoms with van der Waals surface area (Å²) in [6.45, 7) is 8.46. The molecule has 0 unspecified atom stereocenters. The van der Waals surface area contributed by atoms with Crippen LogP contribution in [-0.4, -0.2) is 39.8 Å². The molecule has 3 rings (SSSR count). The van der Waals surface area contributed by atoms with Crippen LogP contribution in [0.4, 0.5) is 24.5 Å².